The molecule has 1 heterocycles. The Labute approximate surface area is 111 Å². The largest absolute Gasteiger partial charge is 0.393 e. The van der Waals surface area contributed by atoms with Crippen LogP contribution in [0.25, 0.3) is 0 Å². The summed E-state index contributed by atoms with van der Waals surface area (Å²) in [6, 6.07) is 9.41. The molecule has 2 unspecified atom stereocenters. The van der Waals surface area contributed by atoms with Gasteiger partial charge < -0.3 is 5.73 Å². The van der Waals surface area contributed by atoms with Crippen molar-refractivity contribution in [3.05, 3.63) is 35.9 Å². The smallest absolute Gasteiger partial charge is 0.329 e. The zero-order valence-electron chi connectivity index (χ0n) is 10.7. The Balaban J connectivity index is 2.11. The molecule has 5 heteroatoms. The lowest BCUT2D eigenvalue weighted by atomic mass is 9.94. The maximum absolute atomic E-state index is 12.8. The lowest BCUT2D eigenvalue weighted by Gasteiger charge is -2.38. The molecule has 2 N–H and O–H groups in total. The predicted molar refractivity (Wildman–Crippen MR) is 68.6 cm³/mol. The van der Waals surface area contributed by atoms with E-state index in [1.165, 1.54) is 0 Å². The van der Waals surface area contributed by atoms with E-state index in [1.54, 1.807) is 0 Å². The van der Waals surface area contributed by atoms with E-state index >= 15 is 0 Å². The summed E-state index contributed by atoms with van der Waals surface area (Å²) in [4.78, 5) is 1.87. The van der Waals surface area contributed by atoms with Crippen molar-refractivity contribution in [2.45, 2.75) is 25.1 Å². The van der Waals surface area contributed by atoms with Gasteiger partial charge in [-0.05, 0) is 24.9 Å². The van der Waals surface area contributed by atoms with Crippen molar-refractivity contribution in [3.8, 4) is 0 Å². The Morgan fingerprint density at radius 2 is 1.95 bits per heavy atom. The molecule has 1 aromatic rings. The monoisotopic (exact) mass is 272 g/mol. The van der Waals surface area contributed by atoms with Gasteiger partial charge in [0.25, 0.3) is 0 Å². The van der Waals surface area contributed by atoms with Crippen LogP contribution in [0.3, 0.4) is 0 Å². The molecule has 0 amide bonds. The fourth-order valence-electron chi connectivity index (χ4n) is 2.73. The average Bonchev–Trinajstić information content (AvgIpc) is 2.40. The zero-order chi connectivity index (χ0) is 13.9. The van der Waals surface area contributed by atoms with Crippen molar-refractivity contribution in [2.24, 2.45) is 11.7 Å². The highest BCUT2D eigenvalue weighted by Crippen LogP contribution is 2.35. The third-order valence-electron chi connectivity index (χ3n) is 3.76. The van der Waals surface area contributed by atoms with Crippen LogP contribution in [-0.4, -0.2) is 30.7 Å². The number of halogens is 3. The minimum Gasteiger partial charge on any atom is -0.329 e. The van der Waals surface area contributed by atoms with Crippen LogP contribution >= 0.6 is 0 Å². The van der Waals surface area contributed by atoms with Crippen LogP contribution in [0.5, 0.6) is 0 Å². The minimum atomic E-state index is -4.10. The SMILES string of the molecule is NCC(c1ccccc1)N1CCCC(C(F)(F)F)C1. The Kier molecular flexibility index (Phi) is 4.47. The van der Waals surface area contributed by atoms with E-state index < -0.39 is 12.1 Å². The molecule has 2 nitrogen and oxygen atoms in total. The molecule has 1 aliphatic rings. The number of hydrogen-bond donors (Lipinski definition) is 1. The van der Waals surface area contributed by atoms with E-state index in [0.29, 0.717) is 19.5 Å². The molecule has 0 radical (unpaired) electrons. The summed E-state index contributed by atoms with van der Waals surface area (Å²) in [5, 5.41) is 0. The molecule has 1 fully saturated rings. The van der Waals surface area contributed by atoms with Crippen molar-refractivity contribution >= 4 is 0 Å². The first-order valence-corrected chi connectivity index (χ1v) is 6.58. The van der Waals surface area contributed by atoms with E-state index in [4.69, 9.17) is 5.73 Å². The number of benzene rings is 1. The first kappa shape index (κ1) is 14.3. The topological polar surface area (TPSA) is 29.3 Å². The van der Waals surface area contributed by atoms with Crippen molar-refractivity contribution in [3.63, 3.8) is 0 Å². The van der Waals surface area contributed by atoms with E-state index in [0.717, 1.165) is 5.56 Å². The van der Waals surface area contributed by atoms with Crippen molar-refractivity contribution < 1.29 is 13.2 Å². The van der Waals surface area contributed by atoms with E-state index in [-0.39, 0.29) is 19.0 Å². The van der Waals surface area contributed by atoms with Crippen LogP contribution in [0.2, 0.25) is 0 Å². The molecular formula is C14H19F3N2. The summed E-state index contributed by atoms with van der Waals surface area (Å²) in [7, 11) is 0. The van der Waals surface area contributed by atoms with Crippen molar-refractivity contribution in [2.75, 3.05) is 19.6 Å². The van der Waals surface area contributed by atoms with Gasteiger partial charge in [-0.15, -0.1) is 0 Å². The average molecular weight is 272 g/mol. The van der Waals surface area contributed by atoms with Gasteiger partial charge in [0.1, 0.15) is 0 Å². The van der Waals surface area contributed by atoms with Crippen molar-refractivity contribution in [1.82, 2.24) is 4.90 Å². The molecule has 0 saturated carbocycles. The van der Waals surface area contributed by atoms with Crippen LogP contribution in [0.15, 0.2) is 30.3 Å². The Hall–Kier alpha value is -1.07. The molecule has 0 aromatic heterocycles. The first-order chi connectivity index (χ1) is 9.02. The Morgan fingerprint density at radius 1 is 1.26 bits per heavy atom. The third-order valence-corrected chi connectivity index (χ3v) is 3.76. The fourth-order valence-corrected chi connectivity index (χ4v) is 2.73. The number of nitrogens with zero attached hydrogens (tertiary/aromatic N) is 1. The molecule has 19 heavy (non-hydrogen) atoms. The number of alkyl halides is 3. The van der Waals surface area contributed by atoms with Crippen molar-refractivity contribution in [1.29, 1.82) is 0 Å². The van der Waals surface area contributed by atoms with E-state index in [2.05, 4.69) is 0 Å². The van der Waals surface area contributed by atoms with Gasteiger partial charge in [-0.1, -0.05) is 30.3 Å². The zero-order valence-corrected chi connectivity index (χ0v) is 10.7. The minimum absolute atomic E-state index is 0.0558. The predicted octanol–water partition coefficient (Wildman–Crippen LogP) is 2.96. The third kappa shape index (κ3) is 3.48. The highest BCUT2D eigenvalue weighted by Gasteiger charge is 2.42. The van der Waals surface area contributed by atoms with Crippen LogP contribution in [0.4, 0.5) is 13.2 Å². The molecule has 106 valence electrons. The van der Waals surface area contributed by atoms with Gasteiger partial charge >= 0.3 is 6.18 Å². The second-order valence-corrected chi connectivity index (χ2v) is 5.04. The quantitative estimate of drug-likeness (QED) is 0.916. The standard InChI is InChI=1S/C14H19F3N2/c15-14(16,17)12-7-4-8-19(10-12)13(9-18)11-5-2-1-3-6-11/h1-3,5-6,12-13H,4,7-10,18H2. The van der Waals surface area contributed by atoms with Gasteiger partial charge in [-0.3, -0.25) is 4.90 Å². The lowest BCUT2D eigenvalue weighted by molar-refractivity contribution is -0.188. The summed E-state index contributed by atoms with van der Waals surface area (Å²) in [5.41, 5.74) is 6.76. The van der Waals surface area contributed by atoms with Gasteiger partial charge in [-0.25, -0.2) is 0 Å². The second kappa shape index (κ2) is 5.92. The number of hydrogen-bond acceptors (Lipinski definition) is 2. The van der Waals surface area contributed by atoms with Gasteiger partial charge in [0.2, 0.25) is 0 Å². The maximum atomic E-state index is 12.8. The molecule has 0 aliphatic carbocycles. The normalized spacial score (nSPS) is 23.3. The maximum Gasteiger partial charge on any atom is 0.393 e. The molecule has 0 spiro atoms. The molecular weight excluding hydrogens is 253 g/mol. The highest BCUT2D eigenvalue weighted by molar-refractivity contribution is 5.19. The summed E-state index contributed by atoms with van der Waals surface area (Å²) in [5.74, 6) is -1.22. The van der Waals surface area contributed by atoms with Crippen LogP contribution in [-0.2, 0) is 0 Å². The number of likely N-dealkylation sites (tertiary alicyclic amines) is 1. The van der Waals surface area contributed by atoms with Gasteiger partial charge in [0.05, 0.1) is 5.92 Å². The highest BCUT2D eigenvalue weighted by atomic mass is 19.4. The Morgan fingerprint density at radius 3 is 2.53 bits per heavy atom. The lowest BCUT2D eigenvalue weighted by Crippen LogP contribution is -2.45. The summed E-state index contributed by atoms with van der Waals surface area (Å²) >= 11 is 0. The number of piperidine rings is 1. The van der Waals surface area contributed by atoms with Gasteiger partial charge in [0, 0.05) is 19.1 Å². The number of rotatable bonds is 3. The summed E-state index contributed by atoms with van der Waals surface area (Å²) in [6.45, 7) is 1.08. The summed E-state index contributed by atoms with van der Waals surface area (Å²) in [6.07, 6.45) is -3.30. The Bertz CT molecular complexity index is 391. The molecule has 1 aliphatic heterocycles. The van der Waals surface area contributed by atoms with Gasteiger partial charge in [-0.2, -0.15) is 13.2 Å². The molecule has 2 atom stereocenters. The molecule has 2 rings (SSSR count). The first-order valence-electron chi connectivity index (χ1n) is 6.58. The molecule has 1 saturated heterocycles. The van der Waals surface area contributed by atoms with Crippen LogP contribution < -0.4 is 5.73 Å². The van der Waals surface area contributed by atoms with Crippen LogP contribution in [0, 0.1) is 5.92 Å². The van der Waals surface area contributed by atoms with E-state index in [9.17, 15) is 13.2 Å². The van der Waals surface area contributed by atoms with Crippen LogP contribution in [0.1, 0.15) is 24.4 Å². The number of nitrogens with two attached hydrogens (primary N) is 1. The fraction of sp³-hybridized carbons (Fsp3) is 0.571. The summed E-state index contributed by atoms with van der Waals surface area (Å²) < 4.78 is 38.5. The second-order valence-electron chi connectivity index (χ2n) is 5.04. The molecule has 0 bridgehead atoms. The molecule has 1 aromatic carbocycles. The van der Waals surface area contributed by atoms with Gasteiger partial charge in [0.15, 0.2) is 0 Å². The van der Waals surface area contributed by atoms with E-state index in [1.807, 2.05) is 35.2 Å².